The summed E-state index contributed by atoms with van der Waals surface area (Å²) >= 11 is 0. The number of rotatable bonds is 1. The van der Waals surface area contributed by atoms with E-state index in [2.05, 4.69) is 0 Å². The van der Waals surface area contributed by atoms with Crippen molar-refractivity contribution in [3.8, 4) is 11.5 Å². The normalized spacial score (nSPS) is 9.83. The number of phenols is 2. The van der Waals surface area contributed by atoms with Gasteiger partial charge in [-0.1, -0.05) is 0 Å². The lowest BCUT2D eigenvalue weighted by Gasteiger charge is -2.01. The third-order valence-corrected chi connectivity index (χ3v) is 1.44. The maximum absolute atomic E-state index is 12.8. The van der Waals surface area contributed by atoms with E-state index >= 15 is 0 Å². The fraction of sp³-hybridized carbons (Fsp3) is 0.125. The van der Waals surface area contributed by atoms with Crippen LogP contribution < -0.4 is 0 Å². The molecule has 0 fully saturated rings. The van der Waals surface area contributed by atoms with Crippen molar-refractivity contribution >= 4 is 5.78 Å². The van der Waals surface area contributed by atoms with Crippen molar-refractivity contribution in [2.24, 2.45) is 0 Å². The van der Waals surface area contributed by atoms with Gasteiger partial charge in [0.05, 0.1) is 5.56 Å². The lowest BCUT2D eigenvalue weighted by atomic mass is 10.1. The maximum atomic E-state index is 12.8. The molecule has 64 valence electrons. The van der Waals surface area contributed by atoms with Gasteiger partial charge in [-0.15, -0.1) is 0 Å². The summed E-state index contributed by atoms with van der Waals surface area (Å²) in [4.78, 5) is 10.7. The highest BCUT2D eigenvalue weighted by atomic mass is 19.1. The lowest BCUT2D eigenvalue weighted by molar-refractivity contribution is 0.101. The molecular weight excluding hydrogens is 163 g/mol. The molecule has 0 spiro atoms. The van der Waals surface area contributed by atoms with Gasteiger partial charge in [0.2, 0.25) is 0 Å². The second-order valence-corrected chi connectivity index (χ2v) is 2.38. The van der Waals surface area contributed by atoms with Gasteiger partial charge in [-0.25, -0.2) is 4.39 Å². The van der Waals surface area contributed by atoms with Crippen molar-refractivity contribution in [2.45, 2.75) is 6.92 Å². The first-order chi connectivity index (χ1) is 5.52. The molecule has 3 nitrogen and oxygen atoms in total. The SMILES string of the molecule is CC(=O)c1cc(O)c(O)cc1F. The Kier molecular flexibility index (Phi) is 1.99. The van der Waals surface area contributed by atoms with Crippen molar-refractivity contribution < 1.29 is 19.4 Å². The highest BCUT2D eigenvalue weighted by molar-refractivity contribution is 5.94. The average Bonchev–Trinajstić information content (AvgIpc) is 1.96. The molecule has 0 saturated heterocycles. The van der Waals surface area contributed by atoms with Crippen LogP contribution in [-0.2, 0) is 0 Å². The largest absolute Gasteiger partial charge is 0.504 e. The van der Waals surface area contributed by atoms with Crippen molar-refractivity contribution in [1.29, 1.82) is 0 Å². The molecular formula is C8H7FO3. The van der Waals surface area contributed by atoms with E-state index in [0.29, 0.717) is 6.07 Å². The number of ketones is 1. The second kappa shape index (κ2) is 2.81. The Morgan fingerprint density at radius 3 is 2.33 bits per heavy atom. The average molecular weight is 170 g/mol. The molecule has 0 unspecified atom stereocenters. The van der Waals surface area contributed by atoms with E-state index in [1.54, 1.807) is 0 Å². The van der Waals surface area contributed by atoms with Gasteiger partial charge in [0.1, 0.15) is 5.82 Å². The Labute approximate surface area is 68.1 Å². The zero-order valence-electron chi connectivity index (χ0n) is 6.34. The fourth-order valence-corrected chi connectivity index (χ4v) is 0.821. The smallest absolute Gasteiger partial charge is 0.162 e. The van der Waals surface area contributed by atoms with Crippen LogP contribution in [0.25, 0.3) is 0 Å². The van der Waals surface area contributed by atoms with Crippen LogP contribution in [0, 0.1) is 5.82 Å². The van der Waals surface area contributed by atoms with Crippen LogP contribution in [0.5, 0.6) is 11.5 Å². The topological polar surface area (TPSA) is 57.5 Å². The molecule has 0 saturated carbocycles. The molecule has 0 bridgehead atoms. The number of carbonyl (C=O) groups is 1. The van der Waals surface area contributed by atoms with Gasteiger partial charge in [0.25, 0.3) is 0 Å². The van der Waals surface area contributed by atoms with E-state index in [1.165, 1.54) is 6.92 Å². The Morgan fingerprint density at radius 2 is 1.83 bits per heavy atom. The third-order valence-electron chi connectivity index (χ3n) is 1.44. The zero-order valence-corrected chi connectivity index (χ0v) is 6.34. The van der Waals surface area contributed by atoms with Crippen molar-refractivity contribution in [1.82, 2.24) is 0 Å². The fourth-order valence-electron chi connectivity index (χ4n) is 0.821. The number of Topliss-reactive ketones (excluding diaryl/α,β-unsaturated/α-hetero) is 1. The van der Waals surface area contributed by atoms with Gasteiger partial charge in [-0.2, -0.15) is 0 Å². The summed E-state index contributed by atoms with van der Waals surface area (Å²) in [6.45, 7) is 1.18. The number of hydrogen-bond acceptors (Lipinski definition) is 3. The van der Waals surface area contributed by atoms with Crippen LogP contribution in [0.15, 0.2) is 12.1 Å². The molecule has 0 heterocycles. The Morgan fingerprint density at radius 1 is 1.33 bits per heavy atom. The number of benzene rings is 1. The lowest BCUT2D eigenvalue weighted by Crippen LogP contribution is -1.96. The van der Waals surface area contributed by atoms with Crippen LogP contribution in [0.2, 0.25) is 0 Å². The molecule has 1 aromatic rings. The van der Waals surface area contributed by atoms with Crippen LogP contribution in [-0.4, -0.2) is 16.0 Å². The second-order valence-electron chi connectivity index (χ2n) is 2.38. The van der Waals surface area contributed by atoms with Gasteiger partial charge >= 0.3 is 0 Å². The van der Waals surface area contributed by atoms with Gasteiger partial charge in [-0.05, 0) is 13.0 Å². The minimum Gasteiger partial charge on any atom is -0.504 e. The Balaban J connectivity index is 3.33. The maximum Gasteiger partial charge on any atom is 0.162 e. The molecule has 0 atom stereocenters. The predicted octanol–water partition coefficient (Wildman–Crippen LogP) is 1.44. The monoisotopic (exact) mass is 170 g/mol. The van der Waals surface area contributed by atoms with Gasteiger partial charge in [-0.3, -0.25) is 4.79 Å². The molecule has 0 aliphatic carbocycles. The molecule has 2 N–H and O–H groups in total. The van der Waals surface area contributed by atoms with Gasteiger partial charge < -0.3 is 10.2 Å². The molecule has 0 amide bonds. The molecule has 1 rings (SSSR count). The molecule has 12 heavy (non-hydrogen) atoms. The summed E-state index contributed by atoms with van der Waals surface area (Å²) in [5.74, 6) is -2.40. The highest BCUT2D eigenvalue weighted by Gasteiger charge is 2.11. The standard InChI is InChI=1S/C8H7FO3/c1-4(10)5-2-7(11)8(12)3-6(5)9/h2-3,11-12H,1H3. The minimum absolute atomic E-state index is 0.231. The van der Waals surface area contributed by atoms with E-state index in [4.69, 9.17) is 10.2 Å². The number of hydrogen-bond donors (Lipinski definition) is 2. The molecule has 0 aliphatic rings. The van der Waals surface area contributed by atoms with Crippen molar-refractivity contribution in [2.75, 3.05) is 0 Å². The summed E-state index contributed by atoms with van der Waals surface area (Å²) < 4.78 is 12.8. The summed E-state index contributed by atoms with van der Waals surface area (Å²) in [5, 5.41) is 17.7. The summed E-state index contributed by atoms with van der Waals surface area (Å²) in [7, 11) is 0. The summed E-state index contributed by atoms with van der Waals surface area (Å²) in [6, 6.07) is 1.60. The first-order valence-corrected chi connectivity index (χ1v) is 3.25. The Hall–Kier alpha value is -1.58. The number of phenolic OH excluding ortho intramolecular Hbond substituents is 2. The quantitative estimate of drug-likeness (QED) is 0.495. The van der Waals surface area contributed by atoms with E-state index in [-0.39, 0.29) is 5.56 Å². The zero-order chi connectivity index (χ0) is 9.30. The van der Waals surface area contributed by atoms with Crippen LogP contribution in [0.4, 0.5) is 4.39 Å². The number of halogens is 1. The van der Waals surface area contributed by atoms with Crippen molar-refractivity contribution in [3.05, 3.63) is 23.5 Å². The number of aromatic hydroxyl groups is 2. The predicted molar refractivity (Wildman–Crippen MR) is 39.7 cm³/mol. The summed E-state index contributed by atoms with van der Waals surface area (Å²) in [5.41, 5.74) is -0.231. The third kappa shape index (κ3) is 1.37. The van der Waals surface area contributed by atoms with Gasteiger partial charge in [0, 0.05) is 6.07 Å². The Bertz CT molecular complexity index is 333. The van der Waals surface area contributed by atoms with Crippen LogP contribution in [0.3, 0.4) is 0 Å². The minimum atomic E-state index is -0.835. The van der Waals surface area contributed by atoms with E-state index in [1.807, 2.05) is 0 Å². The molecule has 4 heteroatoms. The van der Waals surface area contributed by atoms with Crippen LogP contribution >= 0.6 is 0 Å². The molecule has 0 radical (unpaired) electrons. The van der Waals surface area contributed by atoms with E-state index in [9.17, 15) is 9.18 Å². The highest BCUT2D eigenvalue weighted by Crippen LogP contribution is 2.27. The molecule has 0 aliphatic heterocycles. The van der Waals surface area contributed by atoms with Crippen molar-refractivity contribution in [3.63, 3.8) is 0 Å². The number of carbonyl (C=O) groups excluding carboxylic acids is 1. The van der Waals surface area contributed by atoms with Gasteiger partial charge in [0.15, 0.2) is 17.3 Å². The first kappa shape index (κ1) is 8.52. The van der Waals surface area contributed by atoms with E-state index < -0.39 is 23.1 Å². The first-order valence-electron chi connectivity index (χ1n) is 3.25. The van der Waals surface area contributed by atoms with Crippen LogP contribution in [0.1, 0.15) is 17.3 Å². The molecule has 0 aromatic heterocycles. The van der Waals surface area contributed by atoms with E-state index in [0.717, 1.165) is 6.07 Å². The molecule has 1 aromatic carbocycles. The summed E-state index contributed by atoms with van der Waals surface area (Å²) in [6.07, 6.45) is 0.